The van der Waals surface area contributed by atoms with E-state index in [1.165, 1.54) is 0 Å². The average molecular weight is 234 g/mol. The van der Waals surface area contributed by atoms with Crippen molar-refractivity contribution >= 4 is 22.6 Å². The summed E-state index contributed by atoms with van der Waals surface area (Å²) in [4.78, 5) is 0. The Hall–Kier alpha value is 0.200. The fourth-order valence-electron chi connectivity index (χ4n) is 1.65. The van der Waals surface area contributed by atoms with Crippen LogP contribution in [-0.4, -0.2) is 31.0 Å². The van der Waals surface area contributed by atoms with Crippen molar-refractivity contribution in [3.05, 3.63) is 12.2 Å². The molecule has 0 amide bonds. The van der Waals surface area contributed by atoms with E-state index in [1.807, 2.05) is 26.0 Å². The zero-order chi connectivity index (χ0) is 10.6. The molecule has 0 spiro atoms. The maximum absolute atomic E-state index is 12.0. The number of thioether (sulfide) groups is 1. The first-order valence-electron chi connectivity index (χ1n) is 5.01. The second kappa shape index (κ2) is 5.33. The van der Waals surface area contributed by atoms with Crippen molar-refractivity contribution in [1.29, 1.82) is 0 Å². The van der Waals surface area contributed by atoms with Crippen molar-refractivity contribution in [1.82, 2.24) is 0 Å². The maximum atomic E-state index is 12.0. The molecule has 0 aromatic carbocycles. The highest BCUT2D eigenvalue weighted by Crippen LogP contribution is 2.40. The molecule has 1 aliphatic heterocycles. The van der Waals surface area contributed by atoms with Gasteiger partial charge in [-0.05, 0) is 25.5 Å². The molecule has 0 aromatic heterocycles. The van der Waals surface area contributed by atoms with Gasteiger partial charge < -0.3 is 5.11 Å². The SMILES string of the molecule is C/C=C/[C@@]1([C@@H](O)CC)SCCCS1=O. The lowest BCUT2D eigenvalue weighted by molar-refractivity contribution is 0.168. The number of rotatable bonds is 3. The van der Waals surface area contributed by atoms with Crippen LogP contribution in [0.2, 0.25) is 0 Å². The molecular formula is C10H18O2S2. The zero-order valence-corrected chi connectivity index (χ0v) is 10.4. The first kappa shape index (κ1) is 12.3. The number of hydrogen-bond acceptors (Lipinski definition) is 3. The van der Waals surface area contributed by atoms with Gasteiger partial charge in [0.15, 0.2) is 0 Å². The quantitative estimate of drug-likeness (QED) is 0.758. The van der Waals surface area contributed by atoms with E-state index in [4.69, 9.17) is 0 Å². The maximum Gasteiger partial charge on any atom is 0.135 e. The largest absolute Gasteiger partial charge is 0.390 e. The van der Waals surface area contributed by atoms with Crippen LogP contribution >= 0.6 is 11.8 Å². The van der Waals surface area contributed by atoms with Crippen LogP contribution in [0.25, 0.3) is 0 Å². The average Bonchev–Trinajstić information content (AvgIpc) is 2.20. The molecule has 1 rings (SSSR count). The van der Waals surface area contributed by atoms with Gasteiger partial charge >= 0.3 is 0 Å². The lowest BCUT2D eigenvalue weighted by atomic mass is 10.2. The van der Waals surface area contributed by atoms with Crippen LogP contribution in [0.5, 0.6) is 0 Å². The van der Waals surface area contributed by atoms with Crippen molar-refractivity contribution in [3.63, 3.8) is 0 Å². The van der Waals surface area contributed by atoms with Crippen LogP contribution < -0.4 is 0 Å². The smallest absolute Gasteiger partial charge is 0.135 e. The molecular weight excluding hydrogens is 216 g/mol. The Labute approximate surface area is 92.6 Å². The minimum atomic E-state index is -0.940. The summed E-state index contributed by atoms with van der Waals surface area (Å²) in [5.41, 5.74) is 0. The highest BCUT2D eigenvalue weighted by atomic mass is 32.2. The van der Waals surface area contributed by atoms with Crippen molar-refractivity contribution < 1.29 is 9.32 Å². The van der Waals surface area contributed by atoms with Crippen molar-refractivity contribution in [2.75, 3.05) is 11.5 Å². The van der Waals surface area contributed by atoms with Gasteiger partial charge in [0.1, 0.15) is 4.08 Å². The summed E-state index contributed by atoms with van der Waals surface area (Å²) >= 11 is 1.64. The molecule has 4 heteroatoms. The van der Waals surface area contributed by atoms with E-state index in [0.717, 1.165) is 12.2 Å². The molecule has 82 valence electrons. The van der Waals surface area contributed by atoms with E-state index in [2.05, 4.69) is 0 Å². The first-order valence-corrected chi connectivity index (χ1v) is 7.32. The third-order valence-corrected chi connectivity index (χ3v) is 6.45. The van der Waals surface area contributed by atoms with Crippen LogP contribution in [0.3, 0.4) is 0 Å². The van der Waals surface area contributed by atoms with Crippen molar-refractivity contribution in [2.24, 2.45) is 0 Å². The van der Waals surface area contributed by atoms with Crippen LogP contribution in [0.4, 0.5) is 0 Å². The number of aliphatic hydroxyl groups excluding tert-OH is 1. The fraction of sp³-hybridized carbons (Fsp3) is 0.800. The van der Waals surface area contributed by atoms with E-state index >= 15 is 0 Å². The highest BCUT2D eigenvalue weighted by Gasteiger charge is 2.42. The second-order valence-electron chi connectivity index (χ2n) is 3.40. The van der Waals surface area contributed by atoms with Gasteiger partial charge in [0, 0.05) is 16.6 Å². The molecule has 1 heterocycles. The molecule has 3 atom stereocenters. The minimum Gasteiger partial charge on any atom is -0.390 e. The van der Waals surface area contributed by atoms with Crippen LogP contribution in [-0.2, 0) is 10.8 Å². The second-order valence-corrected chi connectivity index (χ2v) is 6.80. The van der Waals surface area contributed by atoms with Gasteiger partial charge in [-0.2, -0.15) is 0 Å². The van der Waals surface area contributed by atoms with Gasteiger partial charge in [-0.15, -0.1) is 11.8 Å². The summed E-state index contributed by atoms with van der Waals surface area (Å²) in [6.45, 7) is 3.85. The Balaban J connectivity index is 2.94. The van der Waals surface area contributed by atoms with Gasteiger partial charge in [0.05, 0.1) is 6.10 Å². The van der Waals surface area contributed by atoms with Crippen molar-refractivity contribution in [3.8, 4) is 0 Å². The predicted molar refractivity (Wildman–Crippen MR) is 63.9 cm³/mol. The summed E-state index contributed by atoms with van der Waals surface area (Å²) in [5.74, 6) is 1.71. The van der Waals surface area contributed by atoms with Gasteiger partial charge in [0.25, 0.3) is 0 Å². The Bertz CT molecular complexity index is 240. The summed E-state index contributed by atoms with van der Waals surface area (Å²) in [7, 11) is -0.940. The van der Waals surface area contributed by atoms with Crippen LogP contribution in [0, 0.1) is 0 Å². The normalized spacial score (nSPS) is 36.1. The summed E-state index contributed by atoms with van der Waals surface area (Å²) in [6.07, 6.45) is 4.97. The number of aliphatic hydroxyl groups is 1. The monoisotopic (exact) mass is 234 g/mol. The standard InChI is InChI=1S/C10H18O2S2/c1-3-6-10(9(11)4-2)13-7-5-8-14(10)12/h3,6,9,11H,4-5,7-8H2,1-2H3/b6-3+/t9-,10+,14?/m0/s1. The third-order valence-electron chi connectivity index (χ3n) is 2.41. The molecule has 1 saturated heterocycles. The molecule has 0 aromatic rings. The van der Waals surface area contributed by atoms with E-state index in [-0.39, 0.29) is 0 Å². The molecule has 1 aliphatic rings. The molecule has 1 fully saturated rings. The molecule has 0 bridgehead atoms. The van der Waals surface area contributed by atoms with Gasteiger partial charge in [-0.3, -0.25) is 4.21 Å². The molecule has 0 radical (unpaired) electrons. The summed E-state index contributed by atoms with van der Waals surface area (Å²) in [6, 6.07) is 0. The molecule has 14 heavy (non-hydrogen) atoms. The fourth-order valence-corrected chi connectivity index (χ4v) is 5.54. The molecule has 2 nitrogen and oxygen atoms in total. The lowest BCUT2D eigenvalue weighted by Gasteiger charge is -2.36. The summed E-state index contributed by atoms with van der Waals surface area (Å²) < 4.78 is 11.4. The van der Waals surface area contributed by atoms with Gasteiger partial charge in [0.2, 0.25) is 0 Å². The Morgan fingerprint density at radius 3 is 2.93 bits per heavy atom. The van der Waals surface area contributed by atoms with E-state index < -0.39 is 21.0 Å². The third kappa shape index (κ3) is 2.23. The minimum absolute atomic E-state index is 0.496. The predicted octanol–water partition coefficient (Wildman–Crippen LogP) is 1.92. The molecule has 0 saturated carbocycles. The zero-order valence-electron chi connectivity index (χ0n) is 8.73. The lowest BCUT2D eigenvalue weighted by Crippen LogP contribution is -2.44. The van der Waals surface area contributed by atoms with Crippen LogP contribution in [0.1, 0.15) is 26.7 Å². The Morgan fingerprint density at radius 1 is 1.71 bits per heavy atom. The number of allylic oxidation sites excluding steroid dienone is 1. The number of hydrogen-bond donors (Lipinski definition) is 1. The van der Waals surface area contributed by atoms with E-state index in [1.54, 1.807) is 11.8 Å². The summed E-state index contributed by atoms with van der Waals surface area (Å²) in [5, 5.41) is 9.97. The Morgan fingerprint density at radius 2 is 2.43 bits per heavy atom. The van der Waals surface area contributed by atoms with E-state index in [9.17, 15) is 9.32 Å². The highest BCUT2D eigenvalue weighted by molar-refractivity contribution is 8.13. The Kier molecular flexibility index (Phi) is 4.67. The topological polar surface area (TPSA) is 37.3 Å². The van der Waals surface area contributed by atoms with E-state index in [0.29, 0.717) is 12.2 Å². The molecule has 1 N–H and O–H groups in total. The first-order chi connectivity index (χ1) is 6.67. The van der Waals surface area contributed by atoms with Gasteiger partial charge in [-0.1, -0.05) is 19.1 Å². The van der Waals surface area contributed by atoms with Crippen molar-refractivity contribution in [2.45, 2.75) is 36.9 Å². The molecule has 0 aliphatic carbocycles. The van der Waals surface area contributed by atoms with Gasteiger partial charge in [-0.25, -0.2) is 0 Å². The van der Waals surface area contributed by atoms with Crippen LogP contribution in [0.15, 0.2) is 12.2 Å². The molecule has 1 unspecified atom stereocenters.